The number of pyridine rings is 2. The Labute approximate surface area is 176 Å². The second-order valence-electron chi connectivity index (χ2n) is 7.92. The standard InChI is InChI=1S/C20H22FN7O3/c1-2-31-20(30)13-8-27(11-3-4-11)18-12(17(13)29)7-14(21)19(24-18)26-9-15(22)16(10-26)28-6-5-23-25-28/h5-8,11,15-16H,2-4,9-10,22H2,1H3/t15-,16+/m0/s1. The van der Waals surface area contributed by atoms with Crippen molar-refractivity contribution in [3.8, 4) is 0 Å². The average molecular weight is 427 g/mol. The average Bonchev–Trinajstić information content (AvgIpc) is 3.30. The van der Waals surface area contributed by atoms with E-state index in [-0.39, 0.29) is 41.5 Å². The van der Waals surface area contributed by atoms with Gasteiger partial charge in [-0.2, -0.15) is 0 Å². The number of aromatic nitrogens is 5. The van der Waals surface area contributed by atoms with Gasteiger partial charge in [-0.15, -0.1) is 5.10 Å². The van der Waals surface area contributed by atoms with Crippen molar-refractivity contribution in [1.29, 1.82) is 0 Å². The summed E-state index contributed by atoms with van der Waals surface area (Å²) < 4.78 is 23.6. The van der Waals surface area contributed by atoms with Gasteiger partial charge in [-0.05, 0) is 25.8 Å². The Morgan fingerprint density at radius 1 is 1.35 bits per heavy atom. The minimum Gasteiger partial charge on any atom is -0.462 e. The van der Waals surface area contributed by atoms with Crippen LogP contribution in [0.2, 0.25) is 0 Å². The van der Waals surface area contributed by atoms with Gasteiger partial charge in [0.25, 0.3) is 0 Å². The summed E-state index contributed by atoms with van der Waals surface area (Å²) in [5.41, 5.74) is 5.94. The number of anilines is 1. The lowest BCUT2D eigenvalue weighted by Gasteiger charge is -2.20. The molecule has 10 nitrogen and oxygen atoms in total. The van der Waals surface area contributed by atoms with E-state index in [2.05, 4.69) is 15.3 Å². The molecule has 2 atom stereocenters. The quantitative estimate of drug-likeness (QED) is 0.599. The van der Waals surface area contributed by atoms with Gasteiger partial charge in [-0.1, -0.05) is 5.21 Å². The number of carbonyl (C=O) groups is 1. The summed E-state index contributed by atoms with van der Waals surface area (Å²) in [5.74, 6) is -1.22. The van der Waals surface area contributed by atoms with Gasteiger partial charge in [-0.25, -0.2) is 18.9 Å². The molecule has 4 heterocycles. The highest BCUT2D eigenvalue weighted by Gasteiger charge is 2.35. The van der Waals surface area contributed by atoms with Crippen LogP contribution in [0, 0.1) is 5.82 Å². The van der Waals surface area contributed by atoms with E-state index >= 15 is 4.39 Å². The molecule has 31 heavy (non-hydrogen) atoms. The number of ether oxygens (including phenoxy) is 1. The van der Waals surface area contributed by atoms with Crippen molar-refractivity contribution in [2.75, 3.05) is 24.6 Å². The number of hydrogen-bond acceptors (Lipinski definition) is 8. The Morgan fingerprint density at radius 3 is 2.84 bits per heavy atom. The minimum absolute atomic E-state index is 0.0648. The van der Waals surface area contributed by atoms with E-state index in [1.165, 1.54) is 6.20 Å². The molecule has 0 unspecified atom stereocenters. The molecule has 1 saturated heterocycles. The molecule has 0 amide bonds. The molecular weight excluding hydrogens is 405 g/mol. The van der Waals surface area contributed by atoms with E-state index in [1.807, 2.05) is 0 Å². The highest BCUT2D eigenvalue weighted by atomic mass is 19.1. The van der Waals surface area contributed by atoms with Crippen LogP contribution in [0.3, 0.4) is 0 Å². The van der Waals surface area contributed by atoms with E-state index in [9.17, 15) is 9.59 Å². The lowest BCUT2D eigenvalue weighted by atomic mass is 10.2. The Hall–Kier alpha value is -3.34. The van der Waals surface area contributed by atoms with Gasteiger partial charge in [0.2, 0.25) is 5.43 Å². The van der Waals surface area contributed by atoms with Crippen molar-refractivity contribution in [3.63, 3.8) is 0 Å². The molecular formula is C20H22FN7O3. The molecule has 3 aromatic heterocycles. The largest absolute Gasteiger partial charge is 0.462 e. The van der Waals surface area contributed by atoms with Gasteiger partial charge in [0, 0.05) is 37.6 Å². The molecule has 3 aromatic rings. The van der Waals surface area contributed by atoms with Gasteiger partial charge in [-0.3, -0.25) is 4.79 Å². The third-order valence-corrected chi connectivity index (χ3v) is 5.79. The fourth-order valence-corrected chi connectivity index (χ4v) is 4.10. The van der Waals surface area contributed by atoms with Crippen LogP contribution in [-0.4, -0.2) is 56.3 Å². The van der Waals surface area contributed by atoms with Gasteiger partial charge in [0.05, 0.1) is 24.2 Å². The Bertz CT molecular complexity index is 1210. The number of hydrogen-bond donors (Lipinski definition) is 1. The molecule has 11 heteroatoms. The van der Waals surface area contributed by atoms with E-state index < -0.39 is 17.2 Å². The first-order chi connectivity index (χ1) is 15.0. The highest BCUT2D eigenvalue weighted by molar-refractivity contribution is 5.93. The van der Waals surface area contributed by atoms with Crippen LogP contribution in [-0.2, 0) is 4.74 Å². The number of halogens is 1. The predicted octanol–water partition coefficient (Wildman–Crippen LogP) is 1.03. The maximum Gasteiger partial charge on any atom is 0.343 e. The lowest BCUT2D eigenvalue weighted by molar-refractivity contribution is 0.0524. The highest BCUT2D eigenvalue weighted by Crippen LogP contribution is 2.37. The molecule has 162 valence electrons. The number of carbonyl (C=O) groups excluding carboxylic acids is 1. The van der Waals surface area contributed by atoms with Crippen LogP contribution in [0.25, 0.3) is 11.0 Å². The van der Waals surface area contributed by atoms with Crippen LogP contribution in [0.5, 0.6) is 0 Å². The fraction of sp³-hybridized carbons (Fsp3) is 0.450. The predicted molar refractivity (Wildman–Crippen MR) is 109 cm³/mol. The first-order valence-corrected chi connectivity index (χ1v) is 10.3. The van der Waals surface area contributed by atoms with Crippen molar-refractivity contribution in [1.82, 2.24) is 24.5 Å². The molecule has 5 rings (SSSR count). The molecule has 0 spiro atoms. The van der Waals surface area contributed by atoms with Crippen LogP contribution < -0.4 is 16.1 Å². The lowest BCUT2D eigenvalue weighted by Crippen LogP contribution is -2.31. The third-order valence-electron chi connectivity index (χ3n) is 5.79. The molecule has 0 radical (unpaired) electrons. The molecule has 0 aromatic carbocycles. The summed E-state index contributed by atoms with van der Waals surface area (Å²) in [6.45, 7) is 2.61. The Kier molecular flexibility index (Phi) is 4.69. The van der Waals surface area contributed by atoms with Crippen LogP contribution in [0.15, 0.2) is 29.5 Å². The molecule has 2 aliphatic rings. The van der Waals surface area contributed by atoms with E-state index in [4.69, 9.17) is 10.5 Å². The molecule has 1 saturated carbocycles. The topological polar surface area (TPSA) is 121 Å². The second kappa shape index (κ2) is 7.41. The smallest absolute Gasteiger partial charge is 0.343 e. The van der Waals surface area contributed by atoms with Crippen LogP contribution in [0.4, 0.5) is 10.2 Å². The van der Waals surface area contributed by atoms with Crippen molar-refractivity contribution < 1.29 is 13.9 Å². The maximum absolute atomic E-state index is 15.1. The zero-order valence-electron chi connectivity index (χ0n) is 16.9. The third kappa shape index (κ3) is 3.34. The molecule has 1 aliphatic carbocycles. The van der Waals surface area contributed by atoms with Gasteiger partial charge in [0.1, 0.15) is 11.2 Å². The maximum atomic E-state index is 15.1. The first-order valence-electron chi connectivity index (χ1n) is 10.3. The van der Waals surface area contributed by atoms with Gasteiger partial charge in [0.15, 0.2) is 11.6 Å². The Balaban J connectivity index is 1.59. The van der Waals surface area contributed by atoms with Crippen molar-refractivity contribution >= 4 is 22.8 Å². The van der Waals surface area contributed by atoms with Crippen molar-refractivity contribution in [2.24, 2.45) is 5.73 Å². The van der Waals surface area contributed by atoms with Crippen LogP contribution in [0.1, 0.15) is 42.2 Å². The summed E-state index contributed by atoms with van der Waals surface area (Å²) in [7, 11) is 0. The number of fused-ring (bicyclic) bond motifs is 1. The summed E-state index contributed by atoms with van der Waals surface area (Å²) in [6.07, 6.45) is 6.58. The van der Waals surface area contributed by atoms with Crippen molar-refractivity contribution in [2.45, 2.75) is 37.9 Å². The summed E-state index contributed by atoms with van der Waals surface area (Å²) in [5, 5.41) is 7.88. The number of rotatable bonds is 5. The molecule has 2 N–H and O–H groups in total. The number of nitrogens with zero attached hydrogens (tertiary/aromatic N) is 6. The molecule has 2 fully saturated rings. The minimum atomic E-state index is -0.713. The normalized spacial score (nSPS) is 21.1. The molecule has 1 aliphatic heterocycles. The summed E-state index contributed by atoms with van der Waals surface area (Å²) in [4.78, 5) is 31.5. The SMILES string of the molecule is CCOC(=O)c1cn(C2CC2)c2nc(N3C[C@@H](n4ccnn4)[C@@H](N)C3)c(F)cc2c1=O. The molecule has 0 bridgehead atoms. The monoisotopic (exact) mass is 427 g/mol. The fourth-order valence-electron chi connectivity index (χ4n) is 4.10. The zero-order chi connectivity index (χ0) is 21.7. The number of nitrogens with two attached hydrogens (primary N) is 1. The van der Waals surface area contributed by atoms with E-state index in [0.717, 1.165) is 18.9 Å². The van der Waals surface area contributed by atoms with Gasteiger partial charge < -0.3 is 19.9 Å². The zero-order valence-corrected chi connectivity index (χ0v) is 16.9. The van der Waals surface area contributed by atoms with Crippen LogP contribution >= 0.6 is 0 Å². The summed E-state index contributed by atoms with van der Waals surface area (Å²) >= 11 is 0. The number of esters is 1. The van der Waals surface area contributed by atoms with E-state index in [1.54, 1.807) is 33.5 Å². The first kappa shape index (κ1) is 19.6. The summed E-state index contributed by atoms with van der Waals surface area (Å²) in [6, 6.07) is 0.827. The second-order valence-corrected chi connectivity index (χ2v) is 7.92. The Morgan fingerprint density at radius 2 is 2.16 bits per heavy atom. The van der Waals surface area contributed by atoms with Crippen molar-refractivity contribution in [3.05, 3.63) is 46.3 Å². The van der Waals surface area contributed by atoms with Gasteiger partial charge >= 0.3 is 5.97 Å². The van der Waals surface area contributed by atoms with E-state index in [0.29, 0.717) is 18.7 Å².